The summed E-state index contributed by atoms with van der Waals surface area (Å²) in [7, 11) is 0. The van der Waals surface area contributed by atoms with Crippen LogP contribution in [0.4, 0.5) is 4.39 Å². The van der Waals surface area contributed by atoms with E-state index in [9.17, 15) is 19.1 Å². The van der Waals surface area contributed by atoms with E-state index in [0.29, 0.717) is 10.6 Å². The van der Waals surface area contributed by atoms with Gasteiger partial charge in [-0.25, -0.2) is 4.39 Å². The van der Waals surface area contributed by atoms with Crippen LogP contribution >= 0.6 is 23.2 Å². The highest BCUT2D eigenvalue weighted by Gasteiger charge is 2.42. The van der Waals surface area contributed by atoms with Gasteiger partial charge in [0.1, 0.15) is 11.4 Å². The minimum atomic E-state index is -0.821. The zero-order valence-corrected chi connectivity index (χ0v) is 15.2. The summed E-state index contributed by atoms with van der Waals surface area (Å²) in [6.07, 6.45) is 0. The average molecular weight is 408 g/mol. The number of β-amino-alcohol motifs (C(OH)–C–C–N with tert-alkyl or cyclic N) is 1. The third kappa shape index (κ3) is 2.81. The maximum absolute atomic E-state index is 13.6. The predicted octanol–water partition coefficient (Wildman–Crippen LogP) is 3.78. The summed E-state index contributed by atoms with van der Waals surface area (Å²) in [6.45, 7) is -0.321. The molecule has 4 rings (SSSR count). The highest BCUT2D eigenvalue weighted by Crippen LogP contribution is 2.39. The maximum atomic E-state index is 13.6. The Morgan fingerprint density at radius 1 is 1.11 bits per heavy atom. The number of fused-ring (bicyclic) bond motifs is 2. The average Bonchev–Trinajstić information content (AvgIpc) is 2.91. The first-order valence-corrected chi connectivity index (χ1v) is 8.81. The fourth-order valence-electron chi connectivity index (χ4n) is 3.36. The number of carbonyl (C=O) groups excluding carboxylic acids is 1. The van der Waals surface area contributed by atoms with Gasteiger partial charge in [-0.15, -0.1) is 0 Å². The third-order valence-corrected chi connectivity index (χ3v) is 5.27. The molecule has 1 amide bonds. The summed E-state index contributed by atoms with van der Waals surface area (Å²) < 4.78 is 19.3. The van der Waals surface area contributed by atoms with Crippen LogP contribution in [0.2, 0.25) is 10.0 Å². The first kappa shape index (κ1) is 18.0. The molecule has 0 spiro atoms. The monoisotopic (exact) mass is 407 g/mol. The lowest BCUT2D eigenvalue weighted by Gasteiger charge is -2.24. The lowest BCUT2D eigenvalue weighted by molar-refractivity contribution is 0.0691. The van der Waals surface area contributed by atoms with Crippen LogP contribution in [0.25, 0.3) is 11.0 Å². The van der Waals surface area contributed by atoms with Crippen molar-refractivity contribution in [3.05, 3.63) is 79.4 Å². The molecule has 0 aliphatic carbocycles. The number of hydrogen-bond acceptors (Lipinski definition) is 4. The van der Waals surface area contributed by atoms with Crippen LogP contribution < -0.4 is 5.43 Å². The molecule has 1 aliphatic rings. The van der Waals surface area contributed by atoms with Crippen LogP contribution in [-0.4, -0.2) is 29.1 Å². The molecule has 0 saturated carbocycles. The topological polar surface area (TPSA) is 70.8 Å². The zero-order valence-electron chi connectivity index (χ0n) is 13.7. The Labute approximate surface area is 162 Å². The Morgan fingerprint density at radius 3 is 2.59 bits per heavy atom. The van der Waals surface area contributed by atoms with Crippen LogP contribution in [0.1, 0.15) is 27.7 Å². The second kappa shape index (κ2) is 6.64. The van der Waals surface area contributed by atoms with Crippen LogP contribution in [-0.2, 0) is 0 Å². The van der Waals surface area contributed by atoms with Crippen LogP contribution in [0, 0.1) is 5.82 Å². The zero-order chi connectivity index (χ0) is 19.3. The number of aliphatic hydroxyl groups is 1. The van der Waals surface area contributed by atoms with E-state index in [1.807, 2.05) is 0 Å². The number of benzene rings is 2. The molecule has 27 heavy (non-hydrogen) atoms. The molecule has 1 N–H and O–H groups in total. The van der Waals surface area contributed by atoms with Gasteiger partial charge >= 0.3 is 0 Å². The van der Waals surface area contributed by atoms with Gasteiger partial charge in [-0.3, -0.25) is 9.59 Å². The molecule has 2 aromatic carbocycles. The van der Waals surface area contributed by atoms with E-state index in [4.69, 9.17) is 27.6 Å². The molecule has 0 radical (unpaired) electrons. The normalized spacial score (nSPS) is 16.2. The van der Waals surface area contributed by atoms with Crippen molar-refractivity contribution in [3.63, 3.8) is 0 Å². The van der Waals surface area contributed by atoms with Gasteiger partial charge in [0.25, 0.3) is 5.91 Å². The van der Waals surface area contributed by atoms with E-state index in [1.165, 1.54) is 11.0 Å². The van der Waals surface area contributed by atoms with E-state index < -0.39 is 23.2 Å². The van der Waals surface area contributed by atoms with Crippen molar-refractivity contribution in [3.8, 4) is 0 Å². The van der Waals surface area contributed by atoms with Crippen molar-refractivity contribution in [2.24, 2.45) is 0 Å². The van der Waals surface area contributed by atoms with Gasteiger partial charge in [-0.05, 0) is 35.9 Å². The molecule has 1 unspecified atom stereocenters. The molecular formula is C19H12Cl2FNO4. The molecule has 0 saturated heterocycles. The van der Waals surface area contributed by atoms with Gasteiger partial charge in [0.15, 0.2) is 5.43 Å². The fraction of sp³-hybridized carbons (Fsp3) is 0.158. The van der Waals surface area contributed by atoms with Crippen molar-refractivity contribution in [1.82, 2.24) is 4.90 Å². The second-order valence-electron chi connectivity index (χ2n) is 6.11. The Morgan fingerprint density at radius 2 is 1.89 bits per heavy atom. The summed E-state index contributed by atoms with van der Waals surface area (Å²) in [5.41, 5.74) is 0.237. The molecule has 2 heterocycles. The largest absolute Gasteiger partial charge is 0.450 e. The molecule has 5 nitrogen and oxygen atoms in total. The molecule has 1 atom stereocenters. The van der Waals surface area contributed by atoms with Gasteiger partial charge < -0.3 is 14.4 Å². The maximum Gasteiger partial charge on any atom is 0.290 e. The highest BCUT2D eigenvalue weighted by atomic mass is 35.5. The molecule has 138 valence electrons. The highest BCUT2D eigenvalue weighted by molar-refractivity contribution is 6.42. The van der Waals surface area contributed by atoms with Crippen molar-refractivity contribution < 1.29 is 18.7 Å². The first-order valence-electron chi connectivity index (χ1n) is 8.05. The van der Waals surface area contributed by atoms with Crippen molar-refractivity contribution in [1.29, 1.82) is 0 Å². The Bertz CT molecular complexity index is 1140. The van der Waals surface area contributed by atoms with Crippen LogP contribution in [0.15, 0.2) is 45.6 Å². The molecule has 1 aliphatic heterocycles. The number of nitrogens with zero attached hydrogens (tertiary/aromatic N) is 1. The summed E-state index contributed by atoms with van der Waals surface area (Å²) in [4.78, 5) is 27.2. The number of halogens is 3. The van der Waals surface area contributed by atoms with Gasteiger partial charge in [-0.2, -0.15) is 0 Å². The standard InChI is InChI=1S/C19H12Cl2FNO4/c20-12-3-1-9(7-13(12)21)16-15-17(25)11-8-10(22)2-4-14(11)27-18(15)19(26)23(16)5-6-24/h1-4,7-8,16,24H,5-6H2. The predicted molar refractivity (Wildman–Crippen MR) is 98.9 cm³/mol. The smallest absolute Gasteiger partial charge is 0.290 e. The summed E-state index contributed by atoms with van der Waals surface area (Å²) in [5.74, 6) is -1.24. The van der Waals surface area contributed by atoms with E-state index in [-0.39, 0.29) is 40.5 Å². The quantitative estimate of drug-likeness (QED) is 0.716. The van der Waals surface area contributed by atoms with E-state index in [2.05, 4.69) is 0 Å². The van der Waals surface area contributed by atoms with Crippen LogP contribution in [0.5, 0.6) is 0 Å². The minimum Gasteiger partial charge on any atom is -0.450 e. The Kier molecular flexibility index (Phi) is 4.42. The molecule has 0 fully saturated rings. The van der Waals surface area contributed by atoms with Gasteiger partial charge in [0, 0.05) is 6.54 Å². The van der Waals surface area contributed by atoms with Crippen molar-refractivity contribution in [2.75, 3.05) is 13.2 Å². The van der Waals surface area contributed by atoms with Gasteiger partial charge in [0.2, 0.25) is 5.76 Å². The number of hydrogen-bond donors (Lipinski definition) is 1. The SMILES string of the molecule is O=C1c2oc3ccc(F)cc3c(=O)c2C(c2ccc(Cl)c(Cl)c2)N1CCO. The number of aliphatic hydroxyl groups excluding tert-OH is 1. The number of amides is 1. The molecular weight excluding hydrogens is 396 g/mol. The number of carbonyl (C=O) groups is 1. The van der Waals surface area contributed by atoms with Gasteiger partial charge in [-0.1, -0.05) is 29.3 Å². The Hall–Kier alpha value is -2.41. The molecule has 0 bridgehead atoms. The lowest BCUT2D eigenvalue weighted by Crippen LogP contribution is -2.32. The van der Waals surface area contributed by atoms with Crippen LogP contribution in [0.3, 0.4) is 0 Å². The van der Waals surface area contributed by atoms with E-state index in [0.717, 1.165) is 12.1 Å². The summed E-state index contributed by atoms with van der Waals surface area (Å²) in [6, 6.07) is 7.46. The third-order valence-electron chi connectivity index (χ3n) is 4.53. The minimum absolute atomic E-state index is 0.0158. The molecule has 3 aromatic rings. The molecule has 8 heteroatoms. The van der Waals surface area contributed by atoms with Crippen molar-refractivity contribution in [2.45, 2.75) is 6.04 Å². The Balaban J connectivity index is 2.02. The van der Waals surface area contributed by atoms with Gasteiger partial charge in [0.05, 0.1) is 33.6 Å². The number of rotatable bonds is 3. The lowest BCUT2D eigenvalue weighted by atomic mass is 9.98. The van der Waals surface area contributed by atoms with Crippen molar-refractivity contribution >= 4 is 40.1 Å². The summed E-state index contributed by atoms with van der Waals surface area (Å²) >= 11 is 12.1. The fourth-order valence-corrected chi connectivity index (χ4v) is 3.67. The summed E-state index contributed by atoms with van der Waals surface area (Å²) in [5, 5.41) is 10.0. The second-order valence-corrected chi connectivity index (χ2v) is 6.93. The molecule has 1 aromatic heterocycles. The first-order chi connectivity index (χ1) is 12.9. The van der Waals surface area contributed by atoms with E-state index in [1.54, 1.807) is 18.2 Å². The van der Waals surface area contributed by atoms with E-state index >= 15 is 0 Å².